The van der Waals surface area contributed by atoms with Crippen LogP contribution < -0.4 is 10.5 Å². The van der Waals surface area contributed by atoms with Crippen LogP contribution in [0, 0.1) is 0 Å². The summed E-state index contributed by atoms with van der Waals surface area (Å²) in [5, 5.41) is 0. The predicted octanol–water partition coefficient (Wildman–Crippen LogP) is 1.97. The van der Waals surface area contributed by atoms with E-state index >= 15 is 0 Å². The first-order valence-corrected chi connectivity index (χ1v) is 5.15. The number of halogens is 3. The number of anilines is 1. The number of ether oxygens (including phenoxy) is 3. The maximum absolute atomic E-state index is 11.7. The van der Waals surface area contributed by atoms with Gasteiger partial charge in [-0.2, -0.15) is 0 Å². The number of hydrogen-bond acceptors (Lipinski definition) is 5. The molecular weight excluding hydrogens is 267 g/mol. The summed E-state index contributed by atoms with van der Waals surface area (Å²) >= 11 is 0. The summed E-state index contributed by atoms with van der Waals surface area (Å²) in [6.07, 6.45) is -4.75. The minimum Gasteiger partial charge on any atom is -0.496 e. The third kappa shape index (κ3) is 5.04. The molecular formula is C11H12F3NO4. The molecule has 0 aliphatic rings. The topological polar surface area (TPSA) is 70.8 Å². The van der Waals surface area contributed by atoms with Gasteiger partial charge in [-0.3, -0.25) is 4.74 Å². The van der Waals surface area contributed by atoms with E-state index in [1.54, 1.807) is 0 Å². The highest BCUT2D eigenvalue weighted by Gasteiger charge is 2.28. The number of nitrogens with two attached hydrogens (primary N) is 1. The molecule has 0 amide bonds. The summed E-state index contributed by atoms with van der Waals surface area (Å²) in [5.74, 6) is -0.620. The zero-order valence-electron chi connectivity index (χ0n) is 9.99. The first-order chi connectivity index (χ1) is 8.83. The van der Waals surface area contributed by atoms with Gasteiger partial charge in [-0.25, -0.2) is 4.79 Å². The quantitative estimate of drug-likeness (QED) is 0.507. The molecule has 1 aromatic carbocycles. The fraction of sp³-hybridized carbons (Fsp3) is 0.364. The molecule has 0 saturated carbocycles. The van der Waals surface area contributed by atoms with Gasteiger partial charge in [-0.1, -0.05) is 0 Å². The van der Waals surface area contributed by atoms with E-state index in [4.69, 9.17) is 10.5 Å². The van der Waals surface area contributed by atoms with Crippen molar-refractivity contribution in [3.8, 4) is 5.75 Å². The zero-order valence-corrected chi connectivity index (χ0v) is 9.99. The molecule has 0 aliphatic heterocycles. The van der Waals surface area contributed by atoms with Gasteiger partial charge < -0.3 is 15.2 Å². The summed E-state index contributed by atoms with van der Waals surface area (Å²) in [7, 11) is 1.34. The third-order valence-corrected chi connectivity index (χ3v) is 2.03. The van der Waals surface area contributed by atoms with Crippen molar-refractivity contribution in [2.24, 2.45) is 0 Å². The van der Waals surface area contributed by atoms with Crippen molar-refractivity contribution < 1.29 is 32.2 Å². The average Bonchev–Trinajstić information content (AvgIpc) is 2.33. The molecule has 2 N–H and O–H groups in total. The van der Waals surface area contributed by atoms with Crippen LogP contribution in [-0.2, 0) is 9.47 Å². The summed E-state index contributed by atoms with van der Waals surface area (Å²) in [5.41, 5.74) is 5.84. The van der Waals surface area contributed by atoms with Crippen LogP contribution in [0.25, 0.3) is 0 Å². The second kappa shape index (κ2) is 6.28. The highest BCUT2D eigenvalue weighted by Crippen LogP contribution is 2.22. The smallest absolute Gasteiger partial charge is 0.496 e. The van der Waals surface area contributed by atoms with E-state index in [1.165, 1.54) is 25.3 Å². The molecule has 19 heavy (non-hydrogen) atoms. The van der Waals surface area contributed by atoms with Gasteiger partial charge in [0.05, 0.1) is 13.7 Å². The molecule has 8 heteroatoms. The monoisotopic (exact) mass is 279 g/mol. The van der Waals surface area contributed by atoms with Crippen LogP contribution in [0.3, 0.4) is 0 Å². The van der Waals surface area contributed by atoms with E-state index in [1.807, 2.05) is 0 Å². The zero-order chi connectivity index (χ0) is 14.5. The molecule has 0 aliphatic carbocycles. The second-order valence-corrected chi connectivity index (χ2v) is 3.39. The molecule has 106 valence electrons. The van der Waals surface area contributed by atoms with Crippen LogP contribution in [0.2, 0.25) is 0 Å². The fourth-order valence-electron chi connectivity index (χ4n) is 1.25. The Hall–Kier alpha value is -1.96. The van der Waals surface area contributed by atoms with Crippen LogP contribution in [0.4, 0.5) is 18.9 Å². The molecule has 0 heterocycles. The Kier molecular flexibility index (Phi) is 4.99. The Balaban J connectivity index is 2.56. The van der Waals surface area contributed by atoms with E-state index in [0.29, 0.717) is 5.69 Å². The van der Waals surface area contributed by atoms with E-state index in [0.717, 1.165) is 0 Å². The van der Waals surface area contributed by atoms with Crippen molar-refractivity contribution >= 4 is 11.7 Å². The maximum Gasteiger partial charge on any atom is 0.522 e. The van der Waals surface area contributed by atoms with Crippen molar-refractivity contribution in [2.45, 2.75) is 6.36 Å². The van der Waals surface area contributed by atoms with Crippen LogP contribution >= 0.6 is 0 Å². The van der Waals surface area contributed by atoms with E-state index in [9.17, 15) is 18.0 Å². The Morgan fingerprint density at radius 3 is 2.58 bits per heavy atom. The van der Waals surface area contributed by atoms with Crippen LogP contribution in [0.15, 0.2) is 18.2 Å². The van der Waals surface area contributed by atoms with Crippen molar-refractivity contribution in [1.29, 1.82) is 0 Å². The van der Waals surface area contributed by atoms with Crippen LogP contribution in [0.1, 0.15) is 10.4 Å². The van der Waals surface area contributed by atoms with Gasteiger partial charge >= 0.3 is 12.3 Å². The highest BCUT2D eigenvalue weighted by molar-refractivity contribution is 5.93. The van der Waals surface area contributed by atoms with Crippen LogP contribution in [0.5, 0.6) is 5.75 Å². The summed E-state index contributed by atoms with van der Waals surface area (Å²) in [6.45, 7) is -1.31. The normalized spacial score (nSPS) is 11.2. The Morgan fingerprint density at radius 1 is 1.32 bits per heavy atom. The minimum atomic E-state index is -4.75. The van der Waals surface area contributed by atoms with Gasteiger partial charge in [-0.15, -0.1) is 13.2 Å². The lowest BCUT2D eigenvalue weighted by molar-refractivity contribution is -0.326. The number of nitrogen functional groups attached to an aromatic ring is 1. The number of benzene rings is 1. The summed E-state index contributed by atoms with van der Waals surface area (Å²) < 4.78 is 48.0. The van der Waals surface area contributed by atoms with Gasteiger partial charge in [-0.05, 0) is 18.2 Å². The molecule has 0 bridgehead atoms. The fourth-order valence-corrected chi connectivity index (χ4v) is 1.25. The Labute approximate surface area is 107 Å². The number of carbonyl (C=O) groups is 1. The molecule has 0 fully saturated rings. The number of alkyl halides is 3. The van der Waals surface area contributed by atoms with Gasteiger partial charge in [0.1, 0.15) is 17.9 Å². The predicted molar refractivity (Wildman–Crippen MR) is 59.7 cm³/mol. The van der Waals surface area contributed by atoms with Crippen molar-refractivity contribution in [2.75, 3.05) is 26.1 Å². The molecule has 0 radical (unpaired) electrons. The second-order valence-electron chi connectivity index (χ2n) is 3.39. The molecule has 0 unspecified atom stereocenters. The number of carbonyl (C=O) groups excluding carboxylic acids is 1. The number of rotatable bonds is 5. The first kappa shape index (κ1) is 15.1. The number of methoxy groups -OCH3 is 1. The summed E-state index contributed by atoms with van der Waals surface area (Å²) in [6, 6.07) is 4.28. The summed E-state index contributed by atoms with van der Waals surface area (Å²) in [4.78, 5) is 11.6. The molecule has 0 spiro atoms. The van der Waals surface area contributed by atoms with Crippen molar-refractivity contribution in [3.63, 3.8) is 0 Å². The van der Waals surface area contributed by atoms with E-state index in [2.05, 4.69) is 9.47 Å². The number of esters is 1. The molecule has 0 atom stereocenters. The lowest BCUT2D eigenvalue weighted by Gasteiger charge is -2.10. The average molecular weight is 279 g/mol. The molecule has 0 saturated heterocycles. The lowest BCUT2D eigenvalue weighted by atomic mass is 10.2. The van der Waals surface area contributed by atoms with Crippen molar-refractivity contribution in [3.05, 3.63) is 23.8 Å². The highest BCUT2D eigenvalue weighted by atomic mass is 19.4. The number of hydrogen-bond donors (Lipinski definition) is 1. The molecule has 1 rings (SSSR count). The standard InChI is InChI=1S/C11H12F3NO4/c1-17-9-3-2-7(15)6-8(9)10(16)18-4-5-19-11(12,13)14/h2-3,6H,4-5,15H2,1H3. The Bertz CT molecular complexity index is 448. The molecule has 5 nitrogen and oxygen atoms in total. The van der Waals surface area contributed by atoms with E-state index < -0.39 is 25.5 Å². The maximum atomic E-state index is 11.7. The third-order valence-electron chi connectivity index (χ3n) is 2.03. The minimum absolute atomic E-state index is 0.0366. The van der Waals surface area contributed by atoms with Gasteiger partial charge in [0, 0.05) is 5.69 Å². The Morgan fingerprint density at radius 2 is 2.00 bits per heavy atom. The molecule has 1 aromatic rings. The van der Waals surface area contributed by atoms with Gasteiger partial charge in [0.2, 0.25) is 0 Å². The van der Waals surface area contributed by atoms with Crippen LogP contribution in [-0.4, -0.2) is 32.7 Å². The van der Waals surface area contributed by atoms with Gasteiger partial charge in [0.15, 0.2) is 0 Å². The SMILES string of the molecule is COc1ccc(N)cc1C(=O)OCCOC(F)(F)F. The van der Waals surface area contributed by atoms with Gasteiger partial charge in [0.25, 0.3) is 0 Å². The molecule has 0 aromatic heterocycles. The lowest BCUT2D eigenvalue weighted by Crippen LogP contribution is -2.19. The van der Waals surface area contributed by atoms with E-state index in [-0.39, 0.29) is 11.3 Å². The first-order valence-electron chi connectivity index (χ1n) is 5.15. The van der Waals surface area contributed by atoms with Crippen molar-refractivity contribution in [1.82, 2.24) is 0 Å². The largest absolute Gasteiger partial charge is 0.522 e.